The molecule has 184 valence electrons. The van der Waals surface area contributed by atoms with Crippen LogP contribution >= 0.6 is 0 Å². The fourth-order valence-corrected chi connectivity index (χ4v) is 4.13. The minimum atomic E-state index is -0.210. The van der Waals surface area contributed by atoms with Gasteiger partial charge in [0.1, 0.15) is 0 Å². The third-order valence-electron chi connectivity index (χ3n) is 6.26. The number of methoxy groups -OCH3 is 1. The number of unbranched alkanes of at least 4 members (excludes halogenated alkanes) is 21. The molecule has 0 radical (unpaired) electrons. The molecular weight excluding hydrogens is 382 g/mol. The molecule has 0 aliphatic rings. The minimum Gasteiger partial charge on any atom is -0.469 e. The first-order valence-electron chi connectivity index (χ1n) is 13.9. The molecule has 0 aliphatic carbocycles. The van der Waals surface area contributed by atoms with E-state index in [9.17, 15) is 4.79 Å². The Morgan fingerprint density at radius 2 is 0.903 bits per heavy atom. The lowest BCUT2D eigenvalue weighted by atomic mass is 10.0. The predicted octanol–water partition coefficient (Wildman–Crippen LogP) is 9.22. The number of hydrogen-bond acceptors (Lipinski definition) is 3. The lowest BCUT2D eigenvalue weighted by Crippen LogP contribution is -2.00. The van der Waals surface area contributed by atoms with E-state index in [1.165, 1.54) is 142 Å². The fraction of sp³-hybridized carbons (Fsp3) is 0.929. The van der Waals surface area contributed by atoms with E-state index >= 15 is 0 Å². The highest BCUT2D eigenvalue weighted by molar-refractivity contribution is 5.85. The van der Waals surface area contributed by atoms with Gasteiger partial charge in [-0.3, -0.25) is 9.79 Å². The average Bonchev–Trinajstić information content (AvgIpc) is 2.78. The Balaban J connectivity index is 3.06. The molecule has 0 spiro atoms. The molecule has 0 rings (SSSR count). The van der Waals surface area contributed by atoms with Crippen LogP contribution in [0.3, 0.4) is 0 Å². The second-order valence-corrected chi connectivity index (χ2v) is 9.29. The van der Waals surface area contributed by atoms with Gasteiger partial charge in [0, 0.05) is 12.8 Å². The first kappa shape index (κ1) is 30.1. The largest absolute Gasteiger partial charge is 0.469 e. The number of aliphatic imine (C=N–C) groups is 1. The highest BCUT2D eigenvalue weighted by Crippen LogP contribution is 2.15. The SMILES string of the molecule is CCCCCCCCCCCCCCCCCCCCCCCCN=CCC(=O)OC. The Labute approximate surface area is 195 Å². The summed E-state index contributed by atoms with van der Waals surface area (Å²) in [6.07, 6.45) is 33.1. The van der Waals surface area contributed by atoms with Crippen molar-refractivity contribution in [2.24, 2.45) is 4.99 Å². The second-order valence-electron chi connectivity index (χ2n) is 9.29. The van der Waals surface area contributed by atoms with Gasteiger partial charge in [-0.1, -0.05) is 142 Å². The first-order valence-corrected chi connectivity index (χ1v) is 13.9. The van der Waals surface area contributed by atoms with Crippen molar-refractivity contribution in [1.82, 2.24) is 0 Å². The van der Waals surface area contributed by atoms with Gasteiger partial charge in [-0.2, -0.15) is 0 Å². The lowest BCUT2D eigenvalue weighted by molar-refractivity contribution is -0.139. The molecule has 0 saturated carbocycles. The third kappa shape index (κ3) is 27.1. The summed E-state index contributed by atoms with van der Waals surface area (Å²) in [4.78, 5) is 15.2. The molecule has 3 heteroatoms. The summed E-state index contributed by atoms with van der Waals surface area (Å²) in [5, 5.41) is 0. The topological polar surface area (TPSA) is 38.7 Å². The molecule has 0 aromatic heterocycles. The van der Waals surface area contributed by atoms with Crippen molar-refractivity contribution in [3.8, 4) is 0 Å². The Hall–Kier alpha value is -0.860. The summed E-state index contributed by atoms with van der Waals surface area (Å²) in [5.74, 6) is -0.210. The quantitative estimate of drug-likeness (QED) is 0.0810. The van der Waals surface area contributed by atoms with Crippen LogP contribution in [0.4, 0.5) is 0 Å². The minimum absolute atomic E-state index is 0.210. The number of carbonyl (C=O) groups is 1. The van der Waals surface area contributed by atoms with E-state index in [2.05, 4.69) is 16.7 Å². The maximum Gasteiger partial charge on any atom is 0.310 e. The van der Waals surface area contributed by atoms with Gasteiger partial charge in [0.05, 0.1) is 13.5 Å². The van der Waals surface area contributed by atoms with Crippen molar-refractivity contribution in [3.05, 3.63) is 0 Å². The van der Waals surface area contributed by atoms with Crippen LogP contribution in [0.25, 0.3) is 0 Å². The zero-order valence-corrected chi connectivity index (χ0v) is 21.3. The van der Waals surface area contributed by atoms with Crippen molar-refractivity contribution in [2.45, 2.75) is 155 Å². The summed E-state index contributed by atoms with van der Waals surface area (Å²) in [7, 11) is 1.41. The first-order chi connectivity index (χ1) is 15.3. The van der Waals surface area contributed by atoms with E-state index in [1.807, 2.05) is 0 Å². The molecule has 0 N–H and O–H groups in total. The summed E-state index contributed by atoms with van der Waals surface area (Å²) in [6, 6.07) is 0. The smallest absolute Gasteiger partial charge is 0.310 e. The number of esters is 1. The zero-order valence-electron chi connectivity index (χ0n) is 21.3. The molecule has 0 aromatic carbocycles. The maximum atomic E-state index is 10.9. The van der Waals surface area contributed by atoms with Crippen molar-refractivity contribution in [3.63, 3.8) is 0 Å². The van der Waals surface area contributed by atoms with Crippen LogP contribution in [0.2, 0.25) is 0 Å². The normalized spacial score (nSPS) is 11.4. The van der Waals surface area contributed by atoms with E-state index < -0.39 is 0 Å². The number of ether oxygens (including phenoxy) is 1. The van der Waals surface area contributed by atoms with Crippen LogP contribution in [0, 0.1) is 0 Å². The van der Waals surface area contributed by atoms with Crippen molar-refractivity contribution in [1.29, 1.82) is 0 Å². The fourth-order valence-electron chi connectivity index (χ4n) is 4.13. The van der Waals surface area contributed by atoms with Gasteiger partial charge in [-0.25, -0.2) is 0 Å². The summed E-state index contributed by atoms with van der Waals surface area (Å²) >= 11 is 0. The van der Waals surface area contributed by atoms with Crippen molar-refractivity contribution in [2.75, 3.05) is 13.7 Å². The molecule has 3 nitrogen and oxygen atoms in total. The molecule has 0 bridgehead atoms. The van der Waals surface area contributed by atoms with Gasteiger partial charge < -0.3 is 4.74 Å². The van der Waals surface area contributed by atoms with Crippen LogP contribution in [-0.2, 0) is 9.53 Å². The standard InChI is InChI=1S/C28H55NO2/c1-3-4-5-6-7-8-9-10-11-12-13-14-15-16-17-18-19-20-21-22-23-24-26-29-27-25-28(30)31-2/h27H,3-26H2,1-2H3. The third-order valence-corrected chi connectivity index (χ3v) is 6.26. The van der Waals surface area contributed by atoms with Crippen LogP contribution in [0.5, 0.6) is 0 Å². The van der Waals surface area contributed by atoms with Gasteiger partial charge in [-0.15, -0.1) is 0 Å². The number of carbonyl (C=O) groups excluding carboxylic acids is 1. The summed E-state index contributed by atoms with van der Waals surface area (Å²) in [5.41, 5.74) is 0. The maximum absolute atomic E-state index is 10.9. The molecule has 0 aliphatic heterocycles. The van der Waals surface area contributed by atoms with Crippen LogP contribution in [-0.4, -0.2) is 25.8 Å². The van der Waals surface area contributed by atoms with E-state index in [4.69, 9.17) is 0 Å². The van der Waals surface area contributed by atoms with Gasteiger partial charge in [0.15, 0.2) is 0 Å². The Morgan fingerprint density at radius 1 is 0.581 bits per heavy atom. The molecule has 0 heterocycles. The van der Waals surface area contributed by atoms with E-state index in [0.717, 1.165) is 13.0 Å². The monoisotopic (exact) mass is 437 g/mol. The molecule has 0 atom stereocenters. The van der Waals surface area contributed by atoms with Crippen LogP contribution in [0.15, 0.2) is 4.99 Å². The van der Waals surface area contributed by atoms with Crippen LogP contribution < -0.4 is 0 Å². The average molecular weight is 438 g/mol. The number of nitrogens with zero attached hydrogens (tertiary/aromatic N) is 1. The van der Waals surface area contributed by atoms with E-state index in [-0.39, 0.29) is 5.97 Å². The molecule has 0 aromatic rings. The highest BCUT2D eigenvalue weighted by atomic mass is 16.5. The molecule has 0 amide bonds. The van der Waals surface area contributed by atoms with Gasteiger partial charge in [0.25, 0.3) is 0 Å². The van der Waals surface area contributed by atoms with E-state index in [0.29, 0.717) is 6.42 Å². The predicted molar refractivity (Wildman–Crippen MR) is 137 cm³/mol. The van der Waals surface area contributed by atoms with Crippen molar-refractivity contribution < 1.29 is 9.53 Å². The molecule has 0 saturated heterocycles. The van der Waals surface area contributed by atoms with Crippen molar-refractivity contribution >= 4 is 12.2 Å². The molecular formula is C28H55NO2. The van der Waals surface area contributed by atoms with E-state index in [1.54, 1.807) is 6.21 Å². The number of hydrogen-bond donors (Lipinski definition) is 0. The van der Waals surface area contributed by atoms with Gasteiger partial charge in [0.2, 0.25) is 0 Å². The van der Waals surface area contributed by atoms with Gasteiger partial charge >= 0.3 is 5.97 Å². The Kier molecular flexibility index (Phi) is 26.4. The summed E-state index contributed by atoms with van der Waals surface area (Å²) < 4.78 is 4.57. The molecule has 31 heavy (non-hydrogen) atoms. The lowest BCUT2D eigenvalue weighted by Gasteiger charge is -2.04. The van der Waals surface area contributed by atoms with Gasteiger partial charge in [-0.05, 0) is 6.42 Å². The number of rotatable bonds is 25. The molecule has 0 unspecified atom stereocenters. The second kappa shape index (κ2) is 27.2. The molecule has 0 fully saturated rings. The zero-order chi connectivity index (χ0) is 22.7. The Bertz CT molecular complexity index is 381. The summed E-state index contributed by atoms with van der Waals surface area (Å²) in [6.45, 7) is 3.14. The Morgan fingerprint density at radius 3 is 1.23 bits per heavy atom. The highest BCUT2D eigenvalue weighted by Gasteiger charge is 1.96. The van der Waals surface area contributed by atoms with Crippen LogP contribution in [0.1, 0.15) is 155 Å².